The number of piperazine rings is 1. The zero-order valence-electron chi connectivity index (χ0n) is 30.8. The van der Waals surface area contributed by atoms with Gasteiger partial charge in [-0.05, 0) is 69.6 Å². The average Bonchev–Trinajstić information content (AvgIpc) is 3.65. The largest absolute Gasteiger partial charge is 0.415 e. The van der Waals surface area contributed by atoms with Crippen LogP contribution in [0.15, 0.2) is 24.3 Å². The topological polar surface area (TPSA) is 79.8 Å². The number of benzene rings is 1. The Morgan fingerprint density at radius 1 is 0.878 bits per heavy atom. The molecule has 3 fully saturated rings. The van der Waals surface area contributed by atoms with Crippen molar-refractivity contribution in [3.63, 3.8) is 0 Å². The van der Waals surface area contributed by atoms with E-state index in [9.17, 15) is 14.4 Å². The zero-order chi connectivity index (χ0) is 34.7. The molecule has 0 N–H and O–H groups in total. The number of hydrogen-bond donors (Lipinski definition) is 0. The van der Waals surface area contributed by atoms with Crippen LogP contribution in [-0.4, -0.2) is 77.5 Å². The van der Waals surface area contributed by atoms with Crippen LogP contribution in [0.25, 0.3) is 10.1 Å². The molecule has 2 saturated heterocycles. The lowest BCUT2D eigenvalue weighted by atomic mass is 9.81. The Morgan fingerprint density at radius 2 is 1.49 bits per heavy atom. The Hall–Kier alpha value is -2.52. The first-order valence-electron chi connectivity index (χ1n) is 19.7. The molecule has 9 heteroatoms. The summed E-state index contributed by atoms with van der Waals surface area (Å²) < 4.78 is 12.9. The predicted molar refractivity (Wildman–Crippen MR) is 199 cm³/mol. The summed E-state index contributed by atoms with van der Waals surface area (Å²) in [6.07, 6.45) is 19.2. The molecule has 2 atom stereocenters. The predicted octanol–water partition coefficient (Wildman–Crippen LogP) is 8.73. The number of aromatic nitrogens is 1. The van der Waals surface area contributed by atoms with Gasteiger partial charge >= 0.3 is 5.97 Å². The standard InChI is InChI=1S/C40H63N4O4S/c1-4-5-6-7-8-9-10-11-12-17-24-40(2,3)39(47)48-31-44(28-19-18-25-43-37(45)32-20-13-14-21-33(32)38(43)46)29-26-42(27-30-44)36-34-22-15-16-23-35(34)49-41-36/h15-16,22-23,32-33H,4-14,17-21,24-31H2,1-3H3/q+1. The molecule has 3 heterocycles. The molecule has 3 aliphatic rings. The Balaban J connectivity index is 1.12. The van der Waals surface area contributed by atoms with Gasteiger partial charge in [-0.25, -0.2) is 0 Å². The van der Waals surface area contributed by atoms with E-state index < -0.39 is 5.41 Å². The van der Waals surface area contributed by atoms with Crippen LogP contribution in [0.2, 0.25) is 0 Å². The quantitative estimate of drug-likeness (QED) is 0.0597. The van der Waals surface area contributed by atoms with Gasteiger partial charge in [-0.3, -0.25) is 23.8 Å². The fourth-order valence-corrected chi connectivity index (χ4v) is 9.13. The molecule has 8 nitrogen and oxygen atoms in total. The number of amides is 2. The number of unbranched alkanes of at least 4 members (excludes halogenated alkanes) is 10. The van der Waals surface area contributed by atoms with Crippen molar-refractivity contribution < 1.29 is 23.6 Å². The third kappa shape index (κ3) is 9.84. The fraction of sp³-hybridized carbons (Fsp3) is 0.750. The van der Waals surface area contributed by atoms with Crippen LogP contribution >= 0.6 is 11.5 Å². The number of rotatable bonds is 20. The van der Waals surface area contributed by atoms with E-state index in [1.807, 2.05) is 13.8 Å². The minimum absolute atomic E-state index is 0.0567. The maximum absolute atomic E-state index is 13.5. The number of likely N-dealkylation sites (tertiary alicyclic amines) is 1. The highest BCUT2D eigenvalue weighted by atomic mass is 32.1. The molecule has 2 unspecified atom stereocenters. The van der Waals surface area contributed by atoms with E-state index in [1.165, 1.54) is 67.9 Å². The maximum atomic E-state index is 13.5. The lowest BCUT2D eigenvalue weighted by Crippen LogP contribution is -2.61. The molecule has 2 amide bonds. The summed E-state index contributed by atoms with van der Waals surface area (Å²) in [4.78, 5) is 43.5. The summed E-state index contributed by atoms with van der Waals surface area (Å²) in [5.41, 5.74) is -0.501. The molecule has 0 radical (unpaired) electrons. The molecule has 0 spiro atoms. The van der Waals surface area contributed by atoms with Gasteiger partial charge in [-0.2, -0.15) is 4.37 Å². The molecule has 5 rings (SSSR count). The molecular weight excluding hydrogens is 633 g/mol. The van der Waals surface area contributed by atoms with E-state index in [0.29, 0.717) is 17.8 Å². The Kier molecular flexibility index (Phi) is 13.9. The van der Waals surface area contributed by atoms with Gasteiger partial charge in [0.05, 0.1) is 54.7 Å². The Labute approximate surface area is 299 Å². The number of carbonyl (C=O) groups excluding carboxylic acids is 3. The molecule has 1 aromatic heterocycles. The molecule has 1 aromatic carbocycles. The highest BCUT2D eigenvalue weighted by molar-refractivity contribution is 7.13. The SMILES string of the molecule is CCCCCCCCCCCCC(C)(C)C(=O)OC[N+]1(CCCCN2C(=O)C3CCCCC3C2=O)CCN(c2nsc3ccccc23)CC1. The summed E-state index contributed by atoms with van der Waals surface area (Å²) in [7, 11) is 0. The number of fused-ring (bicyclic) bond motifs is 2. The minimum atomic E-state index is -0.501. The van der Waals surface area contributed by atoms with Crippen molar-refractivity contribution in [3.8, 4) is 0 Å². The van der Waals surface area contributed by atoms with Crippen molar-refractivity contribution in [2.24, 2.45) is 17.3 Å². The molecule has 1 aliphatic carbocycles. The van der Waals surface area contributed by atoms with Gasteiger partial charge in [0.15, 0.2) is 5.82 Å². The van der Waals surface area contributed by atoms with E-state index in [1.54, 1.807) is 16.4 Å². The minimum Gasteiger partial charge on any atom is -0.415 e. The van der Waals surface area contributed by atoms with Gasteiger partial charge in [-0.15, -0.1) is 0 Å². The molecular formula is C40H63N4O4S+. The molecule has 2 aliphatic heterocycles. The van der Waals surface area contributed by atoms with E-state index in [4.69, 9.17) is 9.11 Å². The number of anilines is 1. The van der Waals surface area contributed by atoms with E-state index in [-0.39, 0.29) is 29.6 Å². The van der Waals surface area contributed by atoms with E-state index in [0.717, 1.165) is 89.9 Å². The maximum Gasteiger partial charge on any atom is 0.315 e. The number of carbonyl (C=O) groups is 3. The molecule has 2 aromatic rings. The second-order valence-electron chi connectivity index (χ2n) is 15.9. The highest BCUT2D eigenvalue weighted by Gasteiger charge is 2.47. The Morgan fingerprint density at radius 3 is 2.14 bits per heavy atom. The van der Waals surface area contributed by atoms with Gasteiger partial charge < -0.3 is 9.64 Å². The number of quaternary nitrogens is 1. The van der Waals surface area contributed by atoms with Crippen molar-refractivity contribution in [2.45, 2.75) is 130 Å². The van der Waals surface area contributed by atoms with Crippen LogP contribution in [0.4, 0.5) is 5.82 Å². The van der Waals surface area contributed by atoms with E-state index in [2.05, 4.69) is 36.1 Å². The van der Waals surface area contributed by atoms with E-state index >= 15 is 0 Å². The zero-order valence-corrected chi connectivity index (χ0v) is 31.6. The second-order valence-corrected chi connectivity index (χ2v) is 16.7. The van der Waals surface area contributed by atoms with Gasteiger partial charge in [0.2, 0.25) is 18.5 Å². The van der Waals surface area contributed by atoms with Crippen molar-refractivity contribution >= 4 is 45.2 Å². The van der Waals surface area contributed by atoms with Gasteiger partial charge in [0, 0.05) is 11.9 Å². The summed E-state index contributed by atoms with van der Waals surface area (Å²) >= 11 is 1.55. The molecule has 49 heavy (non-hydrogen) atoms. The lowest BCUT2D eigenvalue weighted by Gasteiger charge is -2.44. The van der Waals surface area contributed by atoms with Gasteiger partial charge in [0.1, 0.15) is 0 Å². The third-order valence-corrected chi connectivity index (χ3v) is 12.5. The summed E-state index contributed by atoms with van der Waals surface area (Å²) in [6, 6.07) is 8.42. The van der Waals surface area contributed by atoms with Crippen LogP contribution in [0.3, 0.4) is 0 Å². The van der Waals surface area contributed by atoms with Crippen molar-refractivity contribution in [2.75, 3.05) is 50.9 Å². The summed E-state index contributed by atoms with van der Waals surface area (Å²) in [5, 5.41) is 1.20. The van der Waals surface area contributed by atoms with Crippen LogP contribution in [0, 0.1) is 17.3 Å². The number of nitrogens with zero attached hydrogens (tertiary/aromatic N) is 4. The smallest absolute Gasteiger partial charge is 0.315 e. The third-order valence-electron chi connectivity index (χ3n) is 11.7. The number of hydrogen-bond acceptors (Lipinski definition) is 7. The fourth-order valence-electron chi connectivity index (χ4n) is 8.33. The Bertz CT molecular complexity index is 1340. The highest BCUT2D eigenvalue weighted by Crippen LogP contribution is 2.38. The van der Waals surface area contributed by atoms with Crippen LogP contribution < -0.4 is 4.90 Å². The molecule has 272 valence electrons. The monoisotopic (exact) mass is 695 g/mol. The van der Waals surface area contributed by atoms with Gasteiger partial charge in [-0.1, -0.05) is 96.1 Å². The first-order chi connectivity index (χ1) is 23.7. The van der Waals surface area contributed by atoms with Gasteiger partial charge in [0.25, 0.3) is 0 Å². The number of imide groups is 1. The normalized spacial score (nSPS) is 21.0. The first-order valence-corrected chi connectivity index (χ1v) is 20.5. The summed E-state index contributed by atoms with van der Waals surface area (Å²) in [5.74, 6) is 0.906. The van der Waals surface area contributed by atoms with Crippen molar-refractivity contribution in [1.82, 2.24) is 9.27 Å². The first kappa shape index (κ1) is 37.7. The average molecular weight is 696 g/mol. The number of ether oxygens (including phenoxy) is 1. The lowest BCUT2D eigenvalue weighted by molar-refractivity contribution is -0.944. The van der Waals surface area contributed by atoms with Crippen molar-refractivity contribution in [3.05, 3.63) is 24.3 Å². The van der Waals surface area contributed by atoms with Crippen LogP contribution in [-0.2, 0) is 19.1 Å². The number of esters is 1. The molecule has 0 bridgehead atoms. The molecule has 1 saturated carbocycles. The van der Waals surface area contributed by atoms with Crippen molar-refractivity contribution in [1.29, 1.82) is 0 Å². The second kappa shape index (κ2) is 18.1. The van der Waals surface area contributed by atoms with Crippen LogP contribution in [0.1, 0.15) is 130 Å². The summed E-state index contributed by atoms with van der Waals surface area (Å²) in [6.45, 7) is 11.5. The van der Waals surface area contributed by atoms with Crippen LogP contribution in [0.5, 0.6) is 0 Å².